The normalized spacial score (nSPS) is 11.2. The van der Waals surface area contributed by atoms with E-state index in [4.69, 9.17) is 0 Å². The van der Waals surface area contributed by atoms with Gasteiger partial charge in [0.2, 0.25) is 6.43 Å². The molecule has 0 radical (unpaired) electrons. The molecule has 0 saturated heterocycles. The molecule has 0 atom stereocenters. The number of pyridine rings is 1. The van der Waals surface area contributed by atoms with Gasteiger partial charge in [0.15, 0.2) is 0 Å². The molecule has 0 unspecified atom stereocenters. The van der Waals surface area contributed by atoms with E-state index in [9.17, 15) is 8.78 Å². The second-order valence-corrected chi connectivity index (χ2v) is 3.34. The molecule has 0 aromatic carbocycles. The molecule has 0 fully saturated rings. The van der Waals surface area contributed by atoms with E-state index in [1.165, 1.54) is 6.20 Å². The molecule has 0 bridgehead atoms. The van der Waals surface area contributed by atoms with Gasteiger partial charge in [0.05, 0.1) is 0 Å². The summed E-state index contributed by atoms with van der Waals surface area (Å²) >= 11 is 0. The molecular weight excluding hydrogens is 172 g/mol. The van der Waals surface area contributed by atoms with Crippen molar-refractivity contribution >= 4 is 0 Å². The Labute approximate surface area is 76.8 Å². The van der Waals surface area contributed by atoms with Crippen molar-refractivity contribution in [2.75, 3.05) is 0 Å². The zero-order valence-corrected chi connectivity index (χ0v) is 7.80. The Hall–Kier alpha value is -0.990. The molecule has 72 valence electrons. The molecule has 3 heteroatoms. The van der Waals surface area contributed by atoms with Crippen molar-refractivity contribution in [1.29, 1.82) is 0 Å². The first-order chi connectivity index (χ1) is 6.09. The van der Waals surface area contributed by atoms with E-state index in [2.05, 4.69) is 4.98 Å². The van der Waals surface area contributed by atoms with Crippen molar-refractivity contribution in [3.8, 4) is 0 Å². The van der Waals surface area contributed by atoms with Gasteiger partial charge in [0.25, 0.3) is 0 Å². The van der Waals surface area contributed by atoms with Crippen molar-refractivity contribution in [2.24, 2.45) is 0 Å². The molecule has 0 aliphatic carbocycles. The van der Waals surface area contributed by atoms with Crippen LogP contribution in [0, 0.1) is 0 Å². The predicted octanol–water partition coefficient (Wildman–Crippen LogP) is 3.01. The van der Waals surface area contributed by atoms with Gasteiger partial charge >= 0.3 is 0 Å². The fourth-order valence-electron chi connectivity index (χ4n) is 1.08. The summed E-state index contributed by atoms with van der Waals surface area (Å²) < 4.78 is 23.9. The van der Waals surface area contributed by atoms with E-state index in [1.807, 2.05) is 19.9 Å². The monoisotopic (exact) mass is 185 g/mol. The molecular formula is C10H13F2N. The van der Waals surface area contributed by atoms with Crippen LogP contribution in [0.4, 0.5) is 8.78 Å². The first kappa shape index (κ1) is 10.1. The Kier molecular flexibility index (Phi) is 3.34. The minimum absolute atomic E-state index is 0.203. The summed E-state index contributed by atoms with van der Waals surface area (Å²) in [4.78, 5) is 4.10. The van der Waals surface area contributed by atoms with Crippen LogP contribution in [0.1, 0.15) is 31.0 Å². The maximum atomic E-state index is 12.0. The lowest BCUT2D eigenvalue weighted by Gasteiger charge is -2.05. The molecule has 1 aromatic heterocycles. The van der Waals surface area contributed by atoms with Gasteiger partial charge in [-0.1, -0.05) is 19.9 Å². The Morgan fingerprint density at radius 2 is 2.00 bits per heavy atom. The van der Waals surface area contributed by atoms with E-state index < -0.39 is 6.43 Å². The third-order valence-corrected chi connectivity index (χ3v) is 1.83. The van der Waals surface area contributed by atoms with Crippen LogP contribution in [0.5, 0.6) is 0 Å². The zero-order chi connectivity index (χ0) is 9.84. The molecule has 0 spiro atoms. The number of hydrogen-bond donors (Lipinski definition) is 0. The van der Waals surface area contributed by atoms with Gasteiger partial charge in [0.1, 0.15) is 0 Å². The van der Waals surface area contributed by atoms with E-state index in [0.717, 1.165) is 5.69 Å². The van der Waals surface area contributed by atoms with Crippen LogP contribution in [0.3, 0.4) is 0 Å². The molecule has 13 heavy (non-hydrogen) atoms. The highest BCUT2D eigenvalue weighted by Gasteiger charge is 2.05. The van der Waals surface area contributed by atoms with E-state index >= 15 is 0 Å². The molecule has 0 N–H and O–H groups in total. The lowest BCUT2D eigenvalue weighted by molar-refractivity contribution is 0.149. The summed E-state index contributed by atoms with van der Waals surface area (Å²) in [6, 6.07) is 3.52. The topological polar surface area (TPSA) is 12.9 Å². The molecule has 1 rings (SSSR count). The van der Waals surface area contributed by atoms with Crippen LogP contribution in [0.15, 0.2) is 18.3 Å². The van der Waals surface area contributed by atoms with Crippen molar-refractivity contribution in [3.63, 3.8) is 0 Å². The van der Waals surface area contributed by atoms with Gasteiger partial charge < -0.3 is 0 Å². The Morgan fingerprint density at radius 3 is 2.38 bits per heavy atom. The third-order valence-electron chi connectivity index (χ3n) is 1.83. The van der Waals surface area contributed by atoms with Gasteiger partial charge in [0, 0.05) is 18.3 Å². The lowest BCUT2D eigenvalue weighted by atomic mass is 10.1. The second-order valence-electron chi connectivity index (χ2n) is 3.34. The summed E-state index contributed by atoms with van der Waals surface area (Å²) in [5.41, 5.74) is 1.54. The smallest absolute Gasteiger partial charge is 0.242 e. The van der Waals surface area contributed by atoms with E-state index in [1.54, 1.807) is 6.07 Å². The van der Waals surface area contributed by atoms with Crippen LogP contribution in [0.2, 0.25) is 0 Å². The first-order valence-corrected chi connectivity index (χ1v) is 4.32. The van der Waals surface area contributed by atoms with Gasteiger partial charge in [-0.15, -0.1) is 0 Å². The summed E-state index contributed by atoms with van der Waals surface area (Å²) in [5.74, 6) is 0.348. The molecule has 1 nitrogen and oxygen atoms in total. The minimum Gasteiger partial charge on any atom is -0.261 e. The van der Waals surface area contributed by atoms with Crippen LogP contribution in [-0.4, -0.2) is 11.4 Å². The highest BCUT2D eigenvalue weighted by Crippen LogP contribution is 2.12. The van der Waals surface area contributed by atoms with E-state index in [0.29, 0.717) is 11.5 Å². The van der Waals surface area contributed by atoms with Crippen LogP contribution >= 0.6 is 0 Å². The lowest BCUT2D eigenvalue weighted by Crippen LogP contribution is -1.99. The fraction of sp³-hybridized carbons (Fsp3) is 0.500. The van der Waals surface area contributed by atoms with E-state index in [-0.39, 0.29) is 6.42 Å². The summed E-state index contributed by atoms with van der Waals surface area (Å²) in [7, 11) is 0. The largest absolute Gasteiger partial charge is 0.261 e. The Morgan fingerprint density at radius 1 is 1.31 bits per heavy atom. The summed E-state index contributed by atoms with van der Waals surface area (Å²) in [5, 5.41) is 0. The van der Waals surface area contributed by atoms with Gasteiger partial charge in [-0.3, -0.25) is 4.98 Å². The number of nitrogens with zero attached hydrogens (tertiary/aromatic N) is 1. The highest BCUT2D eigenvalue weighted by molar-refractivity contribution is 5.16. The number of hydrogen-bond acceptors (Lipinski definition) is 1. The fourth-order valence-corrected chi connectivity index (χ4v) is 1.08. The maximum absolute atomic E-state index is 12.0. The second kappa shape index (κ2) is 4.30. The standard InChI is InChI=1S/C10H13F2N/c1-7(2)9-4-3-8(6-13-9)5-10(11)12/h3-4,6-7,10H,5H2,1-2H3. The molecule has 0 aliphatic rings. The minimum atomic E-state index is -2.29. The van der Waals surface area contributed by atoms with Crippen molar-refractivity contribution in [2.45, 2.75) is 32.6 Å². The summed E-state index contributed by atoms with van der Waals surface area (Å²) in [6.07, 6.45) is -0.959. The van der Waals surface area contributed by atoms with Crippen LogP contribution in [-0.2, 0) is 6.42 Å². The Balaban J connectivity index is 2.70. The number of rotatable bonds is 3. The zero-order valence-electron chi connectivity index (χ0n) is 7.80. The highest BCUT2D eigenvalue weighted by atomic mass is 19.3. The molecule has 0 aliphatic heterocycles. The predicted molar refractivity (Wildman–Crippen MR) is 48.0 cm³/mol. The molecule has 0 saturated carbocycles. The molecule has 1 heterocycles. The summed E-state index contributed by atoms with van der Waals surface area (Å²) in [6.45, 7) is 4.05. The first-order valence-electron chi connectivity index (χ1n) is 4.32. The quantitative estimate of drug-likeness (QED) is 0.705. The van der Waals surface area contributed by atoms with Crippen molar-refractivity contribution in [1.82, 2.24) is 4.98 Å². The average Bonchev–Trinajstić information content (AvgIpc) is 2.04. The SMILES string of the molecule is CC(C)c1ccc(CC(F)F)cn1. The van der Waals surface area contributed by atoms with Crippen LogP contribution in [0.25, 0.3) is 0 Å². The van der Waals surface area contributed by atoms with Crippen molar-refractivity contribution in [3.05, 3.63) is 29.6 Å². The van der Waals surface area contributed by atoms with Gasteiger partial charge in [-0.25, -0.2) is 8.78 Å². The molecule has 0 amide bonds. The van der Waals surface area contributed by atoms with Gasteiger partial charge in [-0.05, 0) is 17.5 Å². The Bertz CT molecular complexity index is 254. The maximum Gasteiger partial charge on any atom is 0.242 e. The number of aromatic nitrogens is 1. The number of alkyl halides is 2. The van der Waals surface area contributed by atoms with Gasteiger partial charge in [-0.2, -0.15) is 0 Å². The molecule has 1 aromatic rings. The van der Waals surface area contributed by atoms with Crippen LogP contribution < -0.4 is 0 Å². The van der Waals surface area contributed by atoms with Crippen molar-refractivity contribution < 1.29 is 8.78 Å². The third kappa shape index (κ3) is 3.09. The number of halogens is 2. The average molecular weight is 185 g/mol.